The number of halogens is 3. The fraction of sp³-hybridized carbons (Fsp3) is 0.350. The number of amides is 1. The Labute approximate surface area is 174 Å². The van der Waals surface area contributed by atoms with Gasteiger partial charge in [-0.05, 0) is 36.4 Å². The molecule has 0 atom stereocenters. The number of rotatable bonds is 7. The molecule has 0 aliphatic rings. The number of anilines is 2. The molecule has 0 spiro atoms. The molecule has 0 unspecified atom stereocenters. The van der Waals surface area contributed by atoms with Crippen LogP contribution in [0.3, 0.4) is 0 Å². The van der Waals surface area contributed by atoms with Crippen molar-refractivity contribution in [3.63, 3.8) is 0 Å². The Morgan fingerprint density at radius 2 is 1.67 bits per heavy atom. The summed E-state index contributed by atoms with van der Waals surface area (Å²) in [5.41, 5.74) is -0.535. The van der Waals surface area contributed by atoms with E-state index in [0.29, 0.717) is 5.69 Å². The fourth-order valence-corrected chi connectivity index (χ4v) is 4.41. The number of sulfonamides is 1. The van der Waals surface area contributed by atoms with Gasteiger partial charge in [0, 0.05) is 32.7 Å². The van der Waals surface area contributed by atoms with Crippen LogP contribution in [-0.4, -0.2) is 45.8 Å². The first-order valence-corrected chi connectivity index (χ1v) is 10.7. The molecule has 164 valence electrons. The SMILES string of the molecule is CCN(CC)S(=O)(=O)c1cccc(C(=O)Nc2cc(C(F)(F)F)ccc2N(C)C)c1. The predicted octanol–water partition coefficient (Wildman–Crippen LogP) is 4.05. The predicted molar refractivity (Wildman–Crippen MR) is 110 cm³/mol. The average Bonchev–Trinajstić information content (AvgIpc) is 2.67. The van der Waals surface area contributed by atoms with Gasteiger partial charge in [0.15, 0.2) is 0 Å². The van der Waals surface area contributed by atoms with E-state index in [9.17, 15) is 26.4 Å². The highest BCUT2D eigenvalue weighted by Gasteiger charge is 2.31. The van der Waals surface area contributed by atoms with Gasteiger partial charge in [0.2, 0.25) is 10.0 Å². The summed E-state index contributed by atoms with van der Waals surface area (Å²) < 4.78 is 65.9. The van der Waals surface area contributed by atoms with E-state index in [1.807, 2.05) is 0 Å². The number of hydrogen-bond donors (Lipinski definition) is 1. The van der Waals surface area contributed by atoms with Gasteiger partial charge in [0.25, 0.3) is 5.91 Å². The van der Waals surface area contributed by atoms with Crippen LogP contribution in [-0.2, 0) is 16.2 Å². The third kappa shape index (κ3) is 5.11. The van der Waals surface area contributed by atoms with Gasteiger partial charge < -0.3 is 10.2 Å². The van der Waals surface area contributed by atoms with Gasteiger partial charge in [-0.3, -0.25) is 4.79 Å². The zero-order chi connectivity index (χ0) is 22.7. The molecule has 2 aromatic rings. The Balaban J connectivity index is 2.42. The topological polar surface area (TPSA) is 69.7 Å². The quantitative estimate of drug-likeness (QED) is 0.701. The second kappa shape index (κ2) is 9.05. The van der Waals surface area contributed by atoms with Crippen LogP contribution in [0.1, 0.15) is 29.8 Å². The highest BCUT2D eigenvalue weighted by atomic mass is 32.2. The largest absolute Gasteiger partial charge is 0.416 e. The number of hydrogen-bond acceptors (Lipinski definition) is 4. The maximum Gasteiger partial charge on any atom is 0.416 e. The number of alkyl halides is 3. The minimum absolute atomic E-state index is 0.0188. The number of nitrogens with one attached hydrogen (secondary N) is 1. The first-order valence-electron chi connectivity index (χ1n) is 9.22. The molecule has 0 saturated heterocycles. The van der Waals surface area contributed by atoms with E-state index in [2.05, 4.69) is 5.32 Å². The highest BCUT2D eigenvalue weighted by molar-refractivity contribution is 7.89. The summed E-state index contributed by atoms with van der Waals surface area (Å²) in [5.74, 6) is -0.714. The molecule has 2 rings (SSSR count). The van der Waals surface area contributed by atoms with Crippen LogP contribution < -0.4 is 10.2 Å². The highest BCUT2D eigenvalue weighted by Crippen LogP contribution is 2.35. The Bertz CT molecular complexity index is 1020. The van der Waals surface area contributed by atoms with Gasteiger partial charge in [0.1, 0.15) is 0 Å². The summed E-state index contributed by atoms with van der Waals surface area (Å²) in [6.45, 7) is 3.94. The van der Waals surface area contributed by atoms with Crippen LogP contribution in [0.2, 0.25) is 0 Å². The van der Waals surface area contributed by atoms with Gasteiger partial charge in [-0.2, -0.15) is 17.5 Å². The molecule has 1 N–H and O–H groups in total. The number of benzene rings is 2. The molecule has 30 heavy (non-hydrogen) atoms. The molecule has 1 amide bonds. The van der Waals surface area contributed by atoms with Crippen LogP contribution in [0.15, 0.2) is 47.4 Å². The van der Waals surface area contributed by atoms with Crippen molar-refractivity contribution in [3.05, 3.63) is 53.6 Å². The lowest BCUT2D eigenvalue weighted by Gasteiger charge is -2.20. The molecule has 0 aliphatic heterocycles. The van der Waals surface area contributed by atoms with E-state index in [-0.39, 0.29) is 29.2 Å². The summed E-state index contributed by atoms with van der Waals surface area (Å²) in [6.07, 6.45) is -4.57. The lowest BCUT2D eigenvalue weighted by molar-refractivity contribution is -0.137. The lowest BCUT2D eigenvalue weighted by atomic mass is 10.1. The molecular formula is C20H24F3N3O3S. The van der Waals surface area contributed by atoms with Gasteiger partial charge in [-0.15, -0.1) is 0 Å². The fourth-order valence-electron chi connectivity index (χ4n) is 2.91. The Morgan fingerprint density at radius 1 is 1.03 bits per heavy atom. The van der Waals surface area contributed by atoms with E-state index < -0.39 is 27.7 Å². The Hall–Kier alpha value is -2.59. The zero-order valence-corrected chi connectivity index (χ0v) is 17.9. The number of nitrogens with zero attached hydrogens (tertiary/aromatic N) is 2. The molecule has 0 fully saturated rings. The zero-order valence-electron chi connectivity index (χ0n) is 17.1. The molecule has 0 saturated carbocycles. The van der Waals surface area contributed by atoms with Crippen LogP contribution >= 0.6 is 0 Å². The minimum atomic E-state index is -4.57. The van der Waals surface area contributed by atoms with Crippen LogP contribution in [0.25, 0.3) is 0 Å². The molecular weight excluding hydrogens is 419 g/mol. The molecule has 0 heterocycles. The number of carbonyl (C=O) groups is 1. The summed E-state index contributed by atoms with van der Waals surface area (Å²) in [5, 5.41) is 2.47. The number of carbonyl (C=O) groups excluding carboxylic acids is 1. The van der Waals surface area contributed by atoms with Crippen molar-refractivity contribution in [2.45, 2.75) is 24.9 Å². The van der Waals surface area contributed by atoms with Gasteiger partial charge >= 0.3 is 6.18 Å². The first kappa shape index (κ1) is 23.7. The van der Waals surface area contributed by atoms with Crippen molar-refractivity contribution in [2.75, 3.05) is 37.4 Å². The van der Waals surface area contributed by atoms with Crippen molar-refractivity contribution >= 4 is 27.3 Å². The van der Waals surface area contributed by atoms with Crippen LogP contribution in [0.5, 0.6) is 0 Å². The van der Waals surface area contributed by atoms with E-state index in [1.54, 1.807) is 32.8 Å². The van der Waals surface area contributed by atoms with E-state index in [1.165, 1.54) is 34.6 Å². The molecule has 0 bridgehead atoms. The second-order valence-corrected chi connectivity index (χ2v) is 8.63. The maximum absolute atomic E-state index is 13.1. The third-order valence-electron chi connectivity index (χ3n) is 4.49. The molecule has 10 heteroatoms. The van der Waals surface area contributed by atoms with Crippen molar-refractivity contribution in [1.82, 2.24) is 4.31 Å². The molecule has 2 aromatic carbocycles. The van der Waals surface area contributed by atoms with Crippen LogP contribution in [0, 0.1) is 0 Å². The summed E-state index contributed by atoms with van der Waals surface area (Å²) in [7, 11) is -0.513. The standard InChI is InChI=1S/C20H24F3N3O3S/c1-5-26(6-2)30(28,29)16-9-7-8-14(12-16)19(27)24-17-13-15(20(21,22)23)10-11-18(17)25(3)4/h7-13H,5-6H2,1-4H3,(H,24,27). The normalized spacial score (nSPS) is 12.1. The lowest BCUT2D eigenvalue weighted by Crippen LogP contribution is -2.30. The monoisotopic (exact) mass is 443 g/mol. The average molecular weight is 443 g/mol. The van der Waals surface area contributed by atoms with Crippen LogP contribution in [0.4, 0.5) is 24.5 Å². The minimum Gasteiger partial charge on any atom is -0.376 e. The smallest absolute Gasteiger partial charge is 0.376 e. The van der Waals surface area contributed by atoms with Crippen molar-refractivity contribution in [2.24, 2.45) is 0 Å². The summed E-state index contributed by atoms with van der Waals surface area (Å²) in [6, 6.07) is 8.46. The Kier molecular flexibility index (Phi) is 7.14. The molecule has 0 aromatic heterocycles. The van der Waals surface area contributed by atoms with Gasteiger partial charge in [-0.1, -0.05) is 19.9 Å². The Morgan fingerprint density at radius 3 is 2.20 bits per heavy atom. The van der Waals surface area contributed by atoms with Gasteiger partial charge in [-0.25, -0.2) is 8.42 Å². The summed E-state index contributed by atoms with van der Waals surface area (Å²) in [4.78, 5) is 14.2. The molecule has 0 aliphatic carbocycles. The second-order valence-electron chi connectivity index (χ2n) is 6.70. The van der Waals surface area contributed by atoms with Crippen molar-refractivity contribution in [1.29, 1.82) is 0 Å². The van der Waals surface area contributed by atoms with Crippen molar-refractivity contribution < 1.29 is 26.4 Å². The third-order valence-corrected chi connectivity index (χ3v) is 6.54. The van der Waals surface area contributed by atoms with E-state index in [4.69, 9.17) is 0 Å². The maximum atomic E-state index is 13.1. The first-order chi connectivity index (χ1) is 13.9. The van der Waals surface area contributed by atoms with E-state index >= 15 is 0 Å². The molecule has 6 nitrogen and oxygen atoms in total. The summed E-state index contributed by atoms with van der Waals surface area (Å²) >= 11 is 0. The van der Waals surface area contributed by atoms with Crippen molar-refractivity contribution in [3.8, 4) is 0 Å². The molecule has 0 radical (unpaired) electrons. The van der Waals surface area contributed by atoms with Gasteiger partial charge in [0.05, 0.1) is 21.8 Å². The van der Waals surface area contributed by atoms with E-state index in [0.717, 1.165) is 12.1 Å².